The second-order valence-electron chi connectivity index (χ2n) is 16.0. The number of benzene rings is 1. The Bertz CT molecular complexity index is 1460. The second-order valence-corrected chi connectivity index (χ2v) is 16.0. The van der Waals surface area contributed by atoms with Crippen molar-refractivity contribution >= 4 is 29.8 Å². The number of ether oxygens (including phenoxy) is 2. The van der Waals surface area contributed by atoms with Crippen LogP contribution in [0.25, 0.3) is 0 Å². The van der Waals surface area contributed by atoms with E-state index in [1.807, 2.05) is 39.1 Å². The number of esters is 2. The molecular weight excluding hydrogens is 660 g/mol. The summed E-state index contributed by atoms with van der Waals surface area (Å²) in [7, 11) is 5.47. The molecule has 52 heavy (non-hydrogen) atoms. The monoisotopic (exact) mass is 724 g/mol. The highest BCUT2D eigenvalue weighted by Crippen LogP contribution is 2.39. The maximum Gasteiger partial charge on any atom is 0.309 e. The minimum absolute atomic E-state index is 0.0145. The molecule has 1 heterocycles. The third kappa shape index (κ3) is 9.48. The van der Waals surface area contributed by atoms with Gasteiger partial charge in [-0.2, -0.15) is 0 Å². The molecule has 5 N–H and O–H groups in total. The molecule has 1 aromatic carbocycles. The Kier molecular flexibility index (Phi) is 14.2. The first-order valence-electron chi connectivity index (χ1n) is 19.3. The van der Waals surface area contributed by atoms with Crippen molar-refractivity contribution in [2.24, 2.45) is 28.7 Å². The summed E-state index contributed by atoms with van der Waals surface area (Å²) in [5, 5.41) is 28.3. The molecule has 12 nitrogen and oxygen atoms in total. The predicted octanol–water partition coefficient (Wildman–Crippen LogP) is 4.80. The van der Waals surface area contributed by atoms with E-state index in [1.165, 1.54) is 0 Å². The topological polar surface area (TPSA) is 165 Å². The Morgan fingerprint density at radius 3 is 2.25 bits per heavy atom. The van der Waals surface area contributed by atoms with Crippen molar-refractivity contribution in [3.63, 3.8) is 0 Å². The number of aliphatic hydroxyl groups is 1. The molecular formula is C40H64N6O6. The smallest absolute Gasteiger partial charge is 0.309 e. The number of hydrogen-bond donors (Lipinski definition) is 5. The Balaban J connectivity index is 1.67. The Morgan fingerprint density at radius 1 is 1.08 bits per heavy atom. The number of nitrogens with one attached hydrogen (secondary N) is 4. The first-order valence-corrected chi connectivity index (χ1v) is 19.3. The molecule has 4 atom stereocenters. The van der Waals surface area contributed by atoms with Crippen LogP contribution in [0.3, 0.4) is 0 Å². The summed E-state index contributed by atoms with van der Waals surface area (Å²) < 4.78 is 12.6. The molecule has 0 bridgehead atoms. The van der Waals surface area contributed by atoms with Crippen molar-refractivity contribution in [1.29, 1.82) is 5.41 Å². The van der Waals surface area contributed by atoms with Crippen LogP contribution in [0.1, 0.15) is 128 Å². The van der Waals surface area contributed by atoms with E-state index in [1.54, 1.807) is 21.0 Å². The van der Waals surface area contributed by atoms with E-state index in [-0.39, 0.29) is 53.2 Å². The van der Waals surface area contributed by atoms with Gasteiger partial charge in [-0.25, -0.2) is 0 Å². The van der Waals surface area contributed by atoms with Gasteiger partial charge in [0.1, 0.15) is 24.1 Å². The van der Waals surface area contributed by atoms with Crippen LogP contribution >= 0.6 is 0 Å². The number of nitrogens with zero attached hydrogens (tertiary/aromatic N) is 2. The van der Waals surface area contributed by atoms with Crippen LogP contribution in [0, 0.1) is 29.1 Å². The summed E-state index contributed by atoms with van der Waals surface area (Å²) in [5.74, 6) is -1.07. The Hall–Kier alpha value is -3.19. The zero-order valence-electron chi connectivity index (χ0n) is 32.9. The van der Waals surface area contributed by atoms with E-state index >= 15 is 0 Å². The lowest BCUT2D eigenvalue weighted by Gasteiger charge is -2.44. The quantitative estimate of drug-likeness (QED) is 0.109. The minimum Gasteiger partial charge on any atom is -0.458 e. The average molecular weight is 725 g/mol. The van der Waals surface area contributed by atoms with Gasteiger partial charge in [0.15, 0.2) is 0 Å². The van der Waals surface area contributed by atoms with E-state index in [0.717, 1.165) is 37.1 Å². The first-order chi connectivity index (χ1) is 24.6. The van der Waals surface area contributed by atoms with E-state index in [9.17, 15) is 19.5 Å². The maximum absolute atomic E-state index is 13.7. The summed E-state index contributed by atoms with van der Waals surface area (Å²) >= 11 is 0. The van der Waals surface area contributed by atoms with Crippen LogP contribution in [0.2, 0.25) is 0 Å². The van der Waals surface area contributed by atoms with Crippen molar-refractivity contribution in [3.8, 4) is 0 Å². The fourth-order valence-electron chi connectivity index (χ4n) is 8.01. The van der Waals surface area contributed by atoms with Gasteiger partial charge in [-0.1, -0.05) is 6.92 Å². The van der Waals surface area contributed by atoms with Crippen LogP contribution in [0.4, 0.5) is 0 Å². The van der Waals surface area contributed by atoms with Gasteiger partial charge in [0.2, 0.25) is 5.91 Å². The number of carbonyl (C=O) groups is 3. The molecule has 3 aliphatic rings. The van der Waals surface area contributed by atoms with E-state index in [4.69, 9.17) is 19.9 Å². The van der Waals surface area contributed by atoms with Crippen LogP contribution in [0.5, 0.6) is 0 Å². The van der Waals surface area contributed by atoms with E-state index < -0.39 is 17.9 Å². The van der Waals surface area contributed by atoms with Crippen molar-refractivity contribution in [2.45, 2.75) is 129 Å². The van der Waals surface area contributed by atoms with Gasteiger partial charge in [0, 0.05) is 54.7 Å². The van der Waals surface area contributed by atoms with Crippen molar-refractivity contribution in [3.05, 3.63) is 34.4 Å². The molecule has 2 aliphatic carbocycles. The molecule has 1 saturated heterocycles. The van der Waals surface area contributed by atoms with Crippen molar-refractivity contribution in [1.82, 2.24) is 20.9 Å². The van der Waals surface area contributed by atoms with Crippen LogP contribution in [0.15, 0.2) is 17.1 Å². The van der Waals surface area contributed by atoms with Gasteiger partial charge in [-0.3, -0.25) is 34.9 Å². The number of amides is 1. The molecule has 0 spiro atoms. The first kappa shape index (κ1) is 41.6. The number of rotatable bonds is 13. The highest BCUT2D eigenvalue weighted by molar-refractivity contribution is 5.99. The summed E-state index contributed by atoms with van der Waals surface area (Å²) in [6.45, 7) is 13.4. The van der Waals surface area contributed by atoms with Crippen molar-refractivity contribution in [2.75, 3.05) is 34.2 Å². The van der Waals surface area contributed by atoms with Gasteiger partial charge in [0.05, 0.1) is 17.4 Å². The summed E-state index contributed by atoms with van der Waals surface area (Å²) in [4.78, 5) is 46.8. The molecule has 1 aliphatic heterocycles. The van der Waals surface area contributed by atoms with Crippen LogP contribution in [-0.2, 0) is 29.5 Å². The number of likely N-dealkylation sites (N-methyl/N-ethyl adjacent to an activating group) is 1. The van der Waals surface area contributed by atoms with Gasteiger partial charge in [0.25, 0.3) is 0 Å². The highest BCUT2D eigenvalue weighted by Gasteiger charge is 2.39. The Labute approximate surface area is 310 Å². The zero-order chi connectivity index (χ0) is 38.4. The normalized spacial score (nSPS) is 27.6. The molecule has 3 fully saturated rings. The zero-order valence-corrected chi connectivity index (χ0v) is 32.9. The second kappa shape index (κ2) is 17.8. The fourth-order valence-corrected chi connectivity index (χ4v) is 8.01. The molecule has 0 aromatic heterocycles. The molecule has 290 valence electrons. The molecule has 2 saturated carbocycles. The third-order valence-corrected chi connectivity index (χ3v) is 12.3. The molecule has 12 heteroatoms. The molecule has 0 radical (unpaired) electrons. The fraction of sp³-hybridized carbons (Fsp3) is 0.725. The predicted molar refractivity (Wildman–Crippen MR) is 203 cm³/mol. The van der Waals surface area contributed by atoms with Gasteiger partial charge < -0.3 is 25.3 Å². The lowest BCUT2D eigenvalue weighted by Crippen LogP contribution is -2.62. The maximum atomic E-state index is 13.7. The highest BCUT2D eigenvalue weighted by atomic mass is 16.6. The van der Waals surface area contributed by atoms with E-state index in [0.29, 0.717) is 61.8 Å². The molecule has 4 unspecified atom stereocenters. The van der Waals surface area contributed by atoms with Gasteiger partial charge in [-0.15, -0.1) is 0 Å². The standard InChI is InChI=1S/C40H64N6O6/c1-10-40(6,52-37(50)29-17-13-27(14-18-29)35(48)43-8)33-21-30(23-45-38-39(4,5)46(9)20-19-44-38)32(22-31(33)24(2)41)25(3)51-36(49)28-15-11-26(12-16-28)34(47)42-7/h21-23,25-29,34,38,41-42,44,47H,10-20H2,1-9H3,(H,43,48). The summed E-state index contributed by atoms with van der Waals surface area (Å²) in [5.41, 5.74) is 1.77. The number of aliphatic hydroxyl groups excluding tert-OH is 1. The molecule has 1 amide bonds. The number of piperazine rings is 1. The van der Waals surface area contributed by atoms with Crippen molar-refractivity contribution < 1.29 is 29.0 Å². The summed E-state index contributed by atoms with van der Waals surface area (Å²) in [6.07, 6.45) is 6.10. The van der Waals surface area contributed by atoms with Gasteiger partial charge >= 0.3 is 11.9 Å². The average Bonchev–Trinajstić information content (AvgIpc) is 3.14. The van der Waals surface area contributed by atoms with Gasteiger partial charge in [-0.05, 0) is 130 Å². The third-order valence-electron chi connectivity index (χ3n) is 12.3. The Morgan fingerprint density at radius 2 is 1.67 bits per heavy atom. The lowest BCUT2D eigenvalue weighted by atomic mass is 9.80. The largest absolute Gasteiger partial charge is 0.458 e. The molecule has 4 rings (SSSR count). The minimum atomic E-state index is -1.05. The molecule has 1 aromatic rings. The van der Waals surface area contributed by atoms with Crippen LogP contribution in [-0.4, -0.2) is 91.9 Å². The number of carbonyl (C=O) groups excluding carboxylic acids is 3. The van der Waals surface area contributed by atoms with Crippen LogP contribution < -0.4 is 16.0 Å². The number of aliphatic imine (C=N–C) groups is 1. The van der Waals surface area contributed by atoms with E-state index in [2.05, 4.69) is 41.7 Å². The number of hydrogen-bond acceptors (Lipinski definition) is 11. The summed E-state index contributed by atoms with van der Waals surface area (Å²) in [6, 6.07) is 3.86. The SMILES string of the molecule is CCC(C)(OC(=O)C1CCC(C(=O)NC)CC1)c1cc(C=NC2NCCN(C)C2(C)C)c(C(C)OC(=O)C2CCC(C(O)NC)CC2)cc1C(C)=N. The lowest BCUT2D eigenvalue weighted by molar-refractivity contribution is -0.167.